The number of nitrogens with one attached hydrogen (secondary N) is 1. The number of rotatable bonds is 5. The molecule has 0 saturated heterocycles. The molecule has 0 bridgehead atoms. The van der Waals surface area contributed by atoms with Crippen molar-refractivity contribution in [3.8, 4) is 0 Å². The van der Waals surface area contributed by atoms with E-state index in [2.05, 4.69) is 41.6 Å². The molecule has 0 aliphatic rings. The Balaban J connectivity index is 2.49. The summed E-state index contributed by atoms with van der Waals surface area (Å²) in [5.74, 6) is 0.913. The van der Waals surface area contributed by atoms with Gasteiger partial charge in [-0.05, 0) is 16.8 Å². The van der Waals surface area contributed by atoms with Crippen LogP contribution in [0, 0.1) is 0 Å². The number of tetrazole rings is 1. The van der Waals surface area contributed by atoms with E-state index in [9.17, 15) is 0 Å². The number of hydrogen-bond donors (Lipinski definition) is 1. The maximum absolute atomic E-state index is 3.95. The fraction of sp³-hybridized carbons (Fsp3) is 0.875. The van der Waals surface area contributed by atoms with Gasteiger partial charge in [-0.2, -0.15) is 0 Å². The zero-order chi connectivity index (χ0) is 9.68. The third-order valence-corrected chi connectivity index (χ3v) is 1.71. The van der Waals surface area contributed by atoms with E-state index in [1.807, 2.05) is 4.68 Å². The fourth-order valence-corrected chi connectivity index (χ4v) is 1.03. The Morgan fingerprint density at radius 3 is 2.85 bits per heavy atom. The summed E-state index contributed by atoms with van der Waals surface area (Å²) < 4.78 is 1.84. The molecule has 0 aliphatic carbocycles. The lowest BCUT2D eigenvalue weighted by Gasteiger charge is -2.07. The summed E-state index contributed by atoms with van der Waals surface area (Å²) in [4.78, 5) is 0. The van der Waals surface area contributed by atoms with Crippen molar-refractivity contribution in [2.45, 2.75) is 46.3 Å². The molecular weight excluding hydrogens is 166 g/mol. The molecule has 0 fully saturated rings. The van der Waals surface area contributed by atoms with E-state index in [0.717, 1.165) is 25.3 Å². The summed E-state index contributed by atoms with van der Waals surface area (Å²) in [5.41, 5.74) is 0. The Morgan fingerprint density at radius 1 is 1.46 bits per heavy atom. The molecule has 0 atom stereocenters. The van der Waals surface area contributed by atoms with E-state index in [0.29, 0.717) is 6.04 Å². The first kappa shape index (κ1) is 10.1. The summed E-state index contributed by atoms with van der Waals surface area (Å²) >= 11 is 0. The molecule has 0 unspecified atom stereocenters. The molecule has 13 heavy (non-hydrogen) atoms. The zero-order valence-corrected chi connectivity index (χ0v) is 8.49. The first-order valence-corrected chi connectivity index (χ1v) is 4.72. The normalized spacial score (nSPS) is 11.1. The molecule has 0 aromatic carbocycles. The van der Waals surface area contributed by atoms with Crippen molar-refractivity contribution >= 4 is 0 Å². The molecule has 1 aromatic heterocycles. The van der Waals surface area contributed by atoms with E-state index in [1.165, 1.54) is 0 Å². The predicted octanol–water partition coefficient (Wildman–Crippen LogP) is 0.581. The van der Waals surface area contributed by atoms with Gasteiger partial charge in [0.15, 0.2) is 5.82 Å². The molecule has 5 heteroatoms. The van der Waals surface area contributed by atoms with Crippen LogP contribution in [0.25, 0.3) is 0 Å². The minimum absolute atomic E-state index is 0.465. The van der Waals surface area contributed by atoms with Crippen LogP contribution in [0.1, 0.15) is 33.0 Å². The Kier molecular flexibility index (Phi) is 3.82. The SMILES string of the molecule is CCCn1nnnc1CNC(C)C. The number of aryl methyl sites for hydroxylation is 1. The third kappa shape index (κ3) is 3.10. The molecule has 1 N–H and O–H groups in total. The Hall–Kier alpha value is -0.970. The maximum Gasteiger partial charge on any atom is 0.165 e. The van der Waals surface area contributed by atoms with Crippen LogP contribution in [0.4, 0.5) is 0 Å². The van der Waals surface area contributed by atoms with Gasteiger partial charge in [0.05, 0.1) is 6.54 Å². The lowest BCUT2D eigenvalue weighted by Crippen LogP contribution is -2.24. The van der Waals surface area contributed by atoms with Crippen molar-refractivity contribution in [1.82, 2.24) is 25.5 Å². The van der Waals surface area contributed by atoms with E-state index in [1.54, 1.807) is 0 Å². The molecule has 0 radical (unpaired) electrons. The van der Waals surface area contributed by atoms with Crippen molar-refractivity contribution in [3.05, 3.63) is 5.82 Å². The molecular formula is C8H17N5. The topological polar surface area (TPSA) is 55.6 Å². The quantitative estimate of drug-likeness (QED) is 0.725. The highest BCUT2D eigenvalue weighted by Crippen LogP contribution is 1.94. The highest BCUT2D eigenvalue weighted by Gasteiger charge is 2.04. The van der Waals surface area contributed by atoms with Crippen molar-refractivity contribution in [2.24, 2.45) is 0 Å². The monoisotopic (exact) mass is 183 g/mol. The standard InChI is InChI=1S/C8H17N5/c1-4-5-13-8(10-11-12-13)6-9-7(2)3/h7,9H,4-6H2,1-3H3. The highest BCUT2D eigenvalue weighted by molar-refractivity contribution is 4.80. The van der Waals surface area contributed by atoms with Crippen LogP contribution in [0.15, 0.2) is 0 Å². The Bertz CT molecular complexity index is 242. The Labute approximate surface area is 78.5 Å². The van der Waals surface area contributed by atoms with Gasteiger partial charge in [-0.1, -0.05) is 20.8 Å². The second kappa shape index (κ2) is 4.91. The van der Waals surface area contributed by atoms with Crippen LogP contribution in [0.3, 0.4) is 0 Å². The second-order valence-corrected chi connectivity index (χ2v) is 3.35. The lowest BCUT2D eigenvalue weighted by molar-refractivity contribution is 0.512. The van der Waals surface area contributed by atoms with Crippen molar-refractivity contribution < 1.29 is 0 Å². The highest BCUT2D eigenvalue weighted by atomic mass is 15.5. The first-order chi connectivity index (χ1) is 6.24. The molecule has 0 spiro atoms. The molecule has 0 saturated carbocycles. The maximum atomic E-state index is 3.95. The fourth-order valence-electron chi connectivity index (χ4n) is 1.03. The van der Waals surface area contributed by atoms with Crippen LogP contribution in [-0.2, 0) is 13.1 Å². The van der Waals surface area contributed by atoms with Crippen LogP contribution >= 0.6 is 0 Å². The molecule has 1 heterocycles. The smallest absolute Gasteiger partial charge is 0.165 e. The van der Waals surface area contributed by atoms with Crippen LogP contribution < -0.4 is 5.32 Å². The van der Waals surface area contributed by atoms with Gasteiger partial charge in [0.25, 0.3) is 0 Å². The molecule has 74 valence electrons. The van der Waals surface area contributed by atoms with E-state index in [-0.39, 0.29) is 0 Å². The van der Waals surface area contributed by atoms with Crippen molar-refractivity contribution in [2.75, 3.05) is 0 Å². The third-order valence-electron chi connectivity index (χ3n) is 1.71. The Morgan fingerprint density at radius 2 is 2.23 bits per heavy atom. The van der Waals surface area contributed by atoms with Gasteiger partial charge < -0.3 is 5.32 Å². The summed E-state index contributed by atoms with van der Waals surface area (Å²) in [7, 11) is 0. The summed E-state index contributed by atoms with van der Waals surface area (Å²) in [6.45, 7) is 7.95. The van der Waals surface area contributed by atoms with Gasteiger partial charge >= 0.3 is 0 Å². The molecule has 5 nitrogen and oxygen atoms in total. The van der Waals surface area contributed by atoms with Crippen molar-refractivity contribution in [1.29, 1.82) is 0 Å². The van der Waals surface area contributed by atoms with Gasteiger partial charge in [0, 0.05) is 12.6 Å². The second-order valence-electron chi connectivity index (χ2n) is 3.35. The van der Waals surface area contributed by atoms with Gasteiger partial charge in [0.2, 0.25) is 0 Å². The van der Waals surface area contributed by atoms with E-state index >= 15 is 0 Å². The lowest BCUT2D eigenvalue weighted by atomic mass is 10.4. The number of hydrogen-bond acceptors (Lipinski definition) is 4. The largest absolute Gasteiger partial charge is 0.308 e. The number of nitrogens with zero attached hydrogens (tertiary/aromatic N) is 4. The summed E-state index contributed by atoms with van der Waals surface area (Å²) in [6, 6.07) is 0.465. The molecule has 0 aliphatic heterocycles. The summed E-state index contributed by atoms with van der Waals surface area (Å²) in [5, 5.41) is 14.8. The minimum Gasteiger partial charge on any atom is -0.308 e. The molecule has 0 amide bonds. The van der Waals surface area contributed by atoms with Gasteiger partial charge in [0.1, 0.15) is 0 Å². The average Bonchev–Trinajstić information content (AvgIpc) is 2.49. The summed E-state index contributed by atoms with van der Waals surface area (Å²) in [6.07, 6.45) is 1.06. The van der Waals surface area contributed by atoms with Crippen molar-refractivity contribution in [3.63, 3.8) is 0 Å². The van der Waals surface area contributed by atoms with Crippen LogP contribution in [0.5, 0.6) is 0 Å². The molecule has 1 aromatic rings. The molecule has 1 rings (SSSR count). The van der Waals surface area contributed by atoms with E-state index in [4.69, 9.17) is 0 Å². The van der Waals surface area contributed by atoms with Gasteiger partial charge in [-0.3, -0.25) is 0 Å². The first-order valence-electron chi connectivity index (χ1n) is 4.72. The average molecular weight is 183 g/mol. The minimum atomic E-state index is 0.465. The van der Waals surface area contributed by atoms with E-state index < -0.39 is 0 Å². The van der Waals surface area contributed by atoms with Crippen LogP contribution in [0.2, 0.25) is 0 Å². The predicted molar refractivity (Wildman–Crippen MR) is 50.1 cm³/mol. The van der Waals surface area contributed by atoms with Crippen LogP contribution in [-0.4, -0.2) is 26.2 Å². The van der Waals surface area contributed by atoms with Gasteiger partial charge in [-0.15, -0.1) is 5.10 Å². The van der Waals surface area contributed by atoms with Gasteiger partial charge in [-0.25, -0.2) is 4.68 Å². The number of aromatic nitrogens is 4. The zero-order valence-electron chi connectivity index (χ0n) is 8.49.